The predicted octanol–water partition coefficient (Wildman–Crippen LogP) is 3.27. The van der Waals surface area contributed by atoms with Gasteiger partial charge in [0, 0.05) is 70.2 Å². The van der Waals surface area contributed by atoms with E-state index in [1.165, 1.54) is 42.4 Å². The Kier molecular flexibility index (Phi) is 7.87. The molecular weight excluding hydrogens is 452 g/mol. The number of fused-ring (bicyclic) bond motifs is 1. The number of anilines is 1. The van der Waals surface area contributed by atoms with Gasteiger partial charge in [0.05, 0.1) is 10.5 Å². The van der Waals surface area contributed by atoms with Gasteiger partial charge in [0.25, 0.3) is 0 Å². The van der Waals surface area contributed by atoms with Crippen LogP contribution < -0.4 is 4.90 Å². The van der Waals surface area contributed by atoms with Gasteiger partial charge in [-0.1, -0.05) is 25.2 Å². The van der Waals surface area contributed by atoms with E-state index in [9.17, 15) is 0 Å². The minimum absolute atomic E-state index is 0.762. The molecule has 0 bridgehead atoms. The highest BCUT2D eigenvalue weighted by Crippen LogP contribution is 2.25. The maximum Gasteiger partial charge on any atom is 0.129 e. The molecule has 0 amide bonds. The Morgan fingerprint density at radius 2 is 1.66 bits per heavy atom. The number of likely N-dealkylation sites (N-methyl/N-ethyl adjacent to an activating group) is 1. The van der Waals surface area contributed by atoms with Crippen LogP contribution in [0.3, 0.4) is 0 Å². The van der Waals surface area contributed by atoms with Crippen LogP contribution in [0, 0.1) is 6.92 Å². The van der Waals surface area contributed by atoms with Crippen LogP contribution >= 0.6 is 12.2 Å². The van der Waals surface area contributed by atoms with E-state index in [1.54, 1.807) is 0 Å². The van der Waals surface area contributed by atoms with E-state index >= 15 is 0 Å². The highest BCUT2D eigenvalue weighted by atomic mass is 32.1. The standard InChI is InChI=1S/C28H42N6S/c1-4-31-11-13-33(14-12-31)27-19-22(2)25-20-23(5-6-26(25)29-27)21-28(35)34-17-15-32(16-18-34)24-7-9-30(3)10-8-24/h5-6,19-20,24H,4,7-18,21H2,1-3H3. The first-order chi connectivity index (χ1) is 17.0. The van der Waals surface area contributed by atoms with Gasteiger partial charge in [-0.15, -0.1) is 0 Å². The highest BCUT2D eigenvalue weighted by Gasteiger charge is 2.27. The molecular formula is C28H42N6S. The third kappa shape index (κ3) is 5.79. The molecule has 190 valence electrons. The van der Waals surface area contributed by atoms with Gasteiger partial charge in [-0.25, -0.2) is 4.98 Å². The lowest BCUT2D eigenvalue weighted by molar-refractivity contribution is 0.0864. The Balaban J connectivity index is 1.19. The summed E-state index contributed by atoms with van der Waals surface area (Å²) in [5.74, 6) is 1.12. The first-order valence-electron chi connectivity index (χ1n) is 13.6. The number of pyridine rings is 1. The Labute approximate surface area is 216 Å². The van der Waals surface area contributed by atoms with Crippen LogP contribution in [0.15, 0.2) is 24.3 Å². The smallest absolute Gasteiger partial charge is 0.129 e. The van der Waals surface area contributed by atoms with Gasteiger partial charge >= 0.3 is 0 Å². The van der Waals surface area contributed by atoms with Crippen molar-refractivity contribution in [3.63, 3.8) is 0 Å². The van der Waals surface area contributed by atoms with Crippen molar-refractivity contribution in [1.29, 1.82) is 0 Å². The van der Waals surface area contributed by atoms with Crippen LogP contribution in [0.25, 0.3) is 10.9 Å². The van der Waals surface area contributed by atoms with Crippen molar-refractivity contribution in [2.75, 3.05) is 83.9 Å². The zero-order chi connectivity index (χ0) is 24.4. The van der Waals surface area contributed by atoms with Gasteiger partial charge in [0.2, 0.25) is 0 Å². The summed E-state index contributed by atoms with van der Waals surface area (Å²) in [7, 11) is 2.24. The molecule has 0 N–H and O–H groups in total. The van der Waals surface area contributed by atoms with E-state index in [0.717, 1.165) is 87.7 Å². The first kappa shape index (κ1) is 24.9. The molecule has 0 aliphatic carbocycles. The number of hydrogen-bond donors (Lipinski definition) is 0. The number of aryl methyl sites for hydroxylation is 1. The summed E-state index contributed by atoms with van der Waals surface area (Å²) in [6, 6.07) is 9.78. The van der Waals surface area contributed by atoms with E-state index in [-0.39, 0.29) is 0 Å². The van der Waals surface area contributed by atoms with Gasteiger partial charge in [-0.05, 0) is 75.8 Å². The van der Waals surface area contributed by atoms with Crippen LogP contribution in [-0.2, 0) is 6.42 Å². The first-order valence-corrected chi connectivity index (χ1v) is 14.0. The molecule has 0 unspecified atom stereocenters. The molecule has 1 aromatic carbocycles. The quantitative estimate of drug-likeness (QED) is 0.590. The number of aromatic nitrogens is 1. The average molecular weight is 495 g/mol. The average Bonchev–Trinajstić information content (AvgIpc) is 2.89. The SMILES string of the molecule is CCN1CCN(c2cc(C)c3cc(CC(=S)N4CCN(C5CCN(C)CC5)CC4)ccc3n2)CC1. The molecule has 5 rings (SSSR count). The molecule has 3 fully saturated rings. The van der Waals surface area contributed by atoms with Gasteiger partial charge in [-0.2, -0.15) is 0 Å². The molecule has 3 aliphatic heterocycles. The van der Waals surface area contributed by atoms with E-state index in [0.29, 0.717) is 0 Å². The Hall–Kier alpha value is -1.80. The van der Waals surface area contributed by atoms with Crippen molar-refractivity contribution < 1.29 is 0 Å². The predicted molar refractivity (Wildman–Crippen MR) is 151 cm³/mol. The third-order valence-electron chi connectivity index (χ3n) is 8.44. The summed E-state index contributed by atoms with van der Waals surface area (Å²) < 4.78 is 0. The van der Waals surface area contributed by atoms with Gasteiger partial charge < -0.3 is 19.6 Å². The lowest BCUT2D eigenvalue weighted by atomic mass is 10.0. The van der Waals surface area contributed by atoms with Crippen LogP contribution in [0.4, 0.5) is 5.82 Å². The molecule has 35 heavy (non-hydrogen) atoms. The Morgan fingerprint density at radius 1 is 0.943 bits per heavy atom. The second-order valence-corrected chi connectivity index (χ2v) is 11.2. The second-order valence-electron chi connectivity index (χ2n) is 10.7. The van der Waals surface area contributed by atoms with Crippen molar-refractivity contribution in [2.24, 2.45) is 0 Å². The summed E-state index contributed by atoms with van der Waals surface area (Å²) in [5, 5.41) is 1.26. The summed E-state index contributed by atoms with van der Waals surface area (Å²) >= 11 is 5.92. The summed E-state index contributed by atoms with van der Waals surface area (Å²) in [4.78, 5) is 18.7. The summed E-state index contributed by atoms with van der Waals surface area (Å²) in [5.41, 5.74) is 3.70. The summed E-state index contributed by atoms with van der Waals surface area (Å²) in [6.07, 6.45) is 3.46. The van der Waals surface area contributed by atoms with Crippen LogP contribution in [0.1, 0.15) is 30.9 Å². The molecule has 0 atom stereocenters. The van der Waals surface area contributed by atoms with E-state index in [2.05, 4.69) is 69.7 Å². The van der Waals surface area contributed by atoms with Gasteiger partial charge in [0.1, 0.15) is 5.82 Å². The number of thiocarbonyl (C=S) groups is 1. The van der Waals surface area contributed by atoms with Crippen LogP contribution in [0.5, 0.6) is 0 Å². The maximum atomic E-state index is 5.92. The van der Waals surface area contributed by atoms with Gasteiger partial charge in [0.15, 0.2) is 0 Å². The van der Waals surface area contributed by atoms with Crippen LogP contribution in [0.2, 0.25) is 0 Å². The number of likely N-dealkylation sites (tertiary alicyclic amines) is 1. The van der Waals surface area contributed by atoms with Crippen molar-refractivity contribution in [1.82, 2.24) is 24.6 Å². The number of hydrogen-bond acceptors (Lipinski definition) is 6. The normalized spacial score (nSPS) is 21.7. The topological polar surface area (TPSA) is 29.1 Å². The van der Waals surface area contributed by atoms with Crippen molar-refractivity contribution >= 4 is 33.9 Å². The number of nitrogens with zero attached hydrogens (tertiary/aromatic N) is 6. The summed E-state index contributed by atoms with van der Waals surface area (Å²) in [6.45, 7) is 16.8. The number of benzene rings is 1. The van der Waals surface area contributed by atoms with Crippen LogP contribution in [-0.4, -0.2) is 115 Å². The molecule has 2 aromatic rings. The zero-order valence-electron chi connectivity index (χ0n) is 21.9. The molecule has 6 nitrogen and oxygen atoms in total. The number of piperazine rings is 2. The number of piperidine rings is 1. The fourth-order valence-electron chi connectivity index (χ4n) is 5.97. The maximum absolute atomic E-state index is 5.92. The Bertz CT molecular complexity index is 1020. The fraction of sp³-hybridized carbons (Fsp3) is 0.643. The van der Waals surface area contributed by atoms with Crippen molar-refractivity contribution in [3.8, 4) is 0 Å². The lowest BCUT2D eigenvalue weighted by Crippen LogP contribution is -2.54. The third-order valence-corrected chi connectivity index (χ3v) is 8.84. The van der Waals surface area contributed by atoms with Crippen molar-refractivity contribution in [2.45, 2.75) is 39.2 Å². The molecule has 0 saturated carbocycles. The van der Waals surface area contributed by atoms with E-state index in [4.69, 9.17) is 17.2 Å². The number of rotatable bonds is 5. The lowest BCUT2D eigenvalue weighted by Gasteiger charge is -2.43. The highest BCUT2D eigenvalue weighted by molar-refractivity contribution is 7.80. The largest absolute Gasteiger partial charge is 0.363 e. The minimum atomic E-state index is 0.762. The molecule has 7 heteroatoms. The van der Waals surface area contributed by atoms with E-state index < -0.39 is 0 Å². The molecule has 1 aromatic heterocycles. The molecule has 0 radical (unpaired) electrons. The zero-order valence-corrected chi connectivity index (χ0v) is 22.7. The molecule has 0 spiro atoms. The molecule has 4 heterocycles. The van der Waals surface area contributed by atoms with E-state index in [1.807, 2.05) is 0 Å². The molecule has 3 aliphatic rings. The van der Waals surface area contributed by atoms with Gasteiger partial charge in [-0.3, -0.25) is 4.90 Å². The van der Waals surface area contributed by atoms with Crippen molar-refractivity contribution in [3.05, 3.63) is 35.4 Å². The molecule has 3 saturated heterocycles. The monoisotopic (exact) mass is 494 g/mol. The fourth-order valence-corrected chi connectivity index (χ4v) is 6.32. The Morgan fingerprint density at radius 3 is 2.34 bits per heavy atom. The second kappa shape index (κ2) is 11.1. The minimum Gasteiger partial charge on any atom is -0.363 e.